The standard InChI is InChI=1S/C12H26ClP.Au/c1-10(2,3)14(11(4,5)6)12(7,8)9-13;/h9H2,1-8H3;. The zero-order chi connectivity index (χ0) is 11.8. The largest absolute Gasteiger partial charge is 0.126 e. The van der Waals surface area contributed by atoms with Crippen LogP contribution >= 0.6 is 19.5 Å². The molecule has 0 aliphatic heterocycles. The van der Waals surface area contributed by atoms with Crippen LogP contribution in [0.15, 0.2) is 0 Å². The quantitative estimate of drug-likeness (QED) is 0.324. The molecule has 0 aromatic heterocycles. The van der Waals surface area contributed by atoms with E-state index in [0.717, 1.165) is 5.88 Å². The molecule has 0 heterocycles. The number of halogens is 1. The van der Waals surface area contributed by atoms with E-state index in [4.69, 9.17) is 11.6 Å². The van der Waals surface area contributed by atoms with E-state index in [-0.39, 0.29) is 35.5 Å². The normalized spacial score (nSPS) is 14.0. The SMILES string of the molecule is CC(C)(C)P(C(C)(C)C)C(C)(C)CCl.[Au]. The van der Waals surface area contributed by atoms with Crippen molar-refractivity contribution in [2.45, 2.75) is 70.9 Å². The second-order valence-corrected chi connectivity index (χ2v) is 11.5. The Labute approximate surface area is 118 Å². The molecule has 0 saturated carbocycles. The van der Waals surface area contributed by atoms with Crippen molar-refractivity contribution in [1.82, 2.24) is 0 Å². The molecule has 3 heteroatoms. The molecule has 0 fully saturated rings. The van der Waals surface area contributed by atoms with Gasteiger partial charge in [0.1, 0.15) is 0 Å². The molecule has 0 rings (SSSR count). The number of rotatable bonds is 2. The Kier molecular flexibility index (Phi) is 7.37. The van der Waals surface area contributed by atoms with Gasteiger partial charge in [0.15, 0.2) is 0 Å². The van der Waals surface area contributed by atoms with Crippen molar-refractivity contribution in [1.29, 1.82) is 0 Å². The molecule has 0 nitrogen and oxygen atoms in total. The Morgan fingerprint density at radius 3 is 1.13 bits per heavy atom. The van der Waals surface area contributed by atoms with Gasteiger partial charge in [-0.25, -0.2) is 0 Å². The molecule has 0 aromatic rings. The summed E-state index contributed by atoms with van der Waals surface area (Å²) in [5.74, 6) is 0.757. The summed E-state index contributed by atoms with van der Waals surface area (Å²) in [6, 6.07) is 0. The van der Waals surface area contributed by atoms with E-state index in [9.17, 15) is 0 Å². The maximum atomic E-state index is 6.12. The fourth-order valence-electron chi connectivity index (χ4n) is 2.88. The van der Waals surface area contributed by atoms with Crippen LogP contribution in [0.1, 0.15) is 55.4 Å². The van der Waals surface area contributed by atoms with Crippen LogP contribution in [0, 0.1) is 0 Å². The Bertz CT molecular complexity index is 175. The van der Waals surface area contributed by atoms with Gasteiger partial charge in [0, 0.05) is 28.3 Å². The first-order valence-corrected chi connectivity index (χ1v) is 7.17. The molecule has 0 aliphatic rings. The molecule has 97 valence electrons. The maximum Gasteiger partial charge on any atom is 0.0314 e. The molecule has 0 aromatic carbocycles. The average Bonchev–Trinajstić information content (AvgIpc) is 1.79. The van der Waals surface area contributed by atoms with Gasteiger partial charge in [-0.3, -0.25) is 0 Å². The van der Waals surface area contributed by atoms with E-state index in [0.29, 0.717) is 10.3 Å². The molecule has 15 heavy (non-hydrogen) atoms. The number of alkyl halides is 1. The minimum atomic E-state index is -0.118. The summed E-state index contributed by atoms with van der Waals surface area (Å²) in [5.41, 5.74) is 0. The van der Waals surface area contributed by atoms with Crippen LogP contribution in [0.3, 0.4) is 0 Å². The summed E-state index contributed by atoms with van der Waals surface area (Å²) in [5, 5.41) is 0.991. The third-order valence-corrected chi connectivity index (χ3v) is 7.18. The molecule has 1 radical (unpaired) electrons. The first-order chi connectivity index (χ1) is 5.93. The summed E-state index contributed by atoms with van der Waals surface area (Å²) in [6.07, 6.45) is 0. The van der Waals surface area contributed by atoms with Gasteiger partial charge >= 0.3 is 0 Å². The molecule has 0 bridgehead atoms. The van der Waals surface area contributed by atoms with Crippen molar-refractivity contribution in [2.75, 3.05) is 5.88 Å². The van der Waals surface area contributed by atoms with Gasteiger partial charge in [-0.15, -0.1) is 11.6 Å². The van der Waals surface area contributed by atoms with Crippen molar-refractivity contribution >= 4 is 19.5 Å². The van der Waals surface area contributed by atoms with Crippen molar-refractivity contribution in [3.8, 4) is 0 Å². The Morgan fingerprint density at radius 1 is 0.800 bits per heavy atom. The topological polar surface area (TPSA) is 0 Å². The van der Waals surface area contributed by atoms with Crippen molar-refractivity contribution in [3.05, 3.63) is 0 Å². The Morgan fingerprint density at radius 2 is 1.07 bits per heavy atom. The van der Waals surface area contributed by atoms with Crippen LogP contribution in [-0.2, 0) is 22.4 Å². The Balaban J connectivity index is 0. The Hall–Kier alpha value is 1.46. The number of hydrogen-bond donors (Lipinski definition) is 0. The zero-order valence-electron chi connectivity index (χ0n) is 11.3. The van der Waals surface area contributed by atoms with Gasteiger partial charge in [0.25, 0.3) is 0 Å². The van der Waals surface area contributed by atoms with Gasteiger partial charge in [-0.1, -0.05) is 63.3 Å². The smallest absolute Gasteiger partial charge is 0.0314 e. The van der Waals surface area contributed by atoms with E-state index >= 15 is 0 Å². The first-order valence-electron chi connectivity index (χ1n) is 5.29. The summed E-state index contributed by atoms with van der Waals surface area (Å²) in [4.78, 5) is 0. The molecule has 0 unspecified atom stereocenters. The van der Waals surface area contributed by atoms with Gasteiger partial charge in [0.05, 0.1) is 0 Å². The second-order valence-electron chi connectivity index (χ2n) is 6.62. The molecular weight excluding hydrogens is 408 g/mol. The summed E-state index contributed by atoms with van der Waals surface area (Å²) < 4.78 is 0. The van der Waals surface area contributed by atoms with E-state index in [2.05, 4.69) is 55.4 Å². The van der Waals surface area contributed by atoms with E-state index in [1.165, 1.54) is 0 Å². The molecule has 0 aliphatic carbocycles. The summed E-state index contributed by atoms with van der Waals surface area (Å²) in [7, 11) is -0.118. The maximum absolute atomic E-state index is 6.12. The summed E-state index contributed by atoms with van der Waals surface area (Å²) in [6.45, 7) is 18.7. The van der Waals surface area contributed by atoms with Crippen LogP contribution < -0.4 is 0 Å². The average molecular weight is 434 g/mol. The fraction of sp³-hybridized carbons (Fsp3) is 1.00. The third kappa shape index (κ3) is 5.55. The van der Waals surface area contributed by atoms with Crippen LogP contribution in [0.2, 0.25) is 0 Å². The third-order valence-electron chi connectivity index (χ3n) is 2.27. The van der Waals surface area contributed by atoms with Gasteiger partial charge in [-0.05, 0) is 15.5 Å². The van der Waals surface area contributed by atoms with Crippen LogP contribution in [0.25, 0.3) is 0 Å². The number of hydrogen-bond acceptors (Lipinski definition) is 0. The van der Waals surface area contributed by atoms with Crippen molar-refractivity contribution in [2.24, 2.45) is 0 Å². The van der Waals surface area contributed by atoms with Crippen LogP contribution in [0.5, 0.6) is 0 Å². The monoisotopic (exact) mass is 433 g/mol. The van der Waals surface area contributed by atoms with E-state index in [1.807, 2.05) is 0 Å². The second kappa shape index (κ2) is 5.87. The summed E-state index contributed by atoms with van der Waals surface area (Å²) >= 11 is 6.12. The predicted octanol–water partition coefficient (Wildman–Crippen LogP) is 5.08. The van der Waals surface area contributed by atoms with Crippen LogP contribution in [0.4, 0.5) is 0 Å². The van der Waals surface area contributed by atoms with E-state index < -0.39 is 0 Å². The minimum absolute atomic E-state index is 0. The van der Waals surface area contributed by atoms with Crippen molar-refractivity contribution in [3.63, 3.8) is 0 Å². The van der Waals surface area contributed by atoms with Crippen molar-refractivity contribution < 1.29 is 22.4 Å². The molecular formula is C12H26AuClP. The predicted molar refractivity (Wildman–Crippen MR) is 71.2 cm³/mol. The molecule has 0 atom stereocenters. The first kappa shape index (κ1) is 18.8. The molecule has 0 amide bonds. The van der Waals surface area contributed by atoms with Crippen LogP contribution in [-0.4, -0.2) is 21.3 Å². The molecule has 0 N–H and O–H groups in total. The molecule has 0 saturated heterocycles. The van der Waals surface area contributed by atoms with E-state index in [1.54, 1.807) is 0 Å². The minimum Gasteiger partial charge on any atom is -0.126 e. The van der Waals surface area contributed by atoms with Gasteiger partial charge in [-0.2, -0.15) is 0 Å². The van der Waals surface area contributed by atoms with Gasteiger partial charge < -0.3 is 0 Å². The molecule has 0 spiro atoms. The zero-order valence-corrected chi connectivity index (χ0v) is 15.2. The van der Waals surface area contributed by atoms with Gasteiger partial charge in [0.2, 0.25) is 0 Å². The fourth-order valence-corrected chi connectivity index (χ4v) is 9.00.